The van der Waals surface area contributed by atoms with Crippen molar-refractivity contribution in [3.63, 3.8) is 0 Å². The molecule has 0 spiro atoms. The molecule has 118 valence electrons. The molecular formula is C17H24N4O. The van der Waals surface area contributed by atoms with E-state index < -0.39 is 0 Å². The summed E-state index contributed by atoms with van der Waals surface area (Å²) in [4.78, 5) is 19.3. The fourth-order valence-corrected chi connectivity index (χ4v) is 3.16. The molecule has 5 heteroatoms. The molecule has 2 aromatic heterocycles. The molecule has 1 aliphatic heterocycles. The maximum Gasteiger partial charge on any atom is 0.201 e. The lowest BCUT2D eigenvalue weighted by Gasteiger charge is -2.27. The van der Waals surface area contributed by atoms with Crippen LogP contribution >= 0.6 is 0 Å². The molecule has 1 aliphatic rings. The normalized spacial score (nSPS) is 17.0. The fourth-order valence-electron chi connectivity index (χ4n) is 3.16. The number of piperidine rings is 1. The van der Waals surface area contributed by atoms with E-state index in [1.165, 1.54) is 5.69 Å². The summed E-state index contributed by atoms with van der Waals surface area (Å²) in [6.07, 6.45) is 8.51. The largest absolute Gasteiger partial charge is 0.354 e. The number of aromatic nitrogens is 3. The summed E-state index contributed by atoms with van der Waals surface area (Å²) >= 11 is 0. The summed E-state index contributed by atoms with van der Waals surface area (Å²) in [5.74, 6) is 0.973. The van der Waals surface area contributed by atoms with Gasteiger partial charge < -0.3 is 14.0 Å². The average Bonchev–Trinajstić information content (AvgIpc) is 3.14. The second-order valence-electron chi connectivity index (χ2n) is 6.25. The van der Waals surface area contributed by atoms with E-state index in [-0.39, 0.29) is 11.7 Å². The van der Waals surface area contributed by atoms with Gasteiger partial charge >= 0.3 is 0 Å². The molecule has 22 heavy (non-hydrogen) atoms. The van der Waals surface area contributed by atoms with E-state index in [1.807, 2.05) is 30.1 Å². The van der Waals surface area contributed by atoms with Crippen molar-refractivity contribution in [2.24, 2.45) is 13.0 Å². The lowest BCUT2D eigenvalue weighted by molar-refractivity contribution is 0.0841. The molecule has 3 heterocycles. The highest BCUT2D eigenvalue weighted by atomic mass is 16.1. The van der Waals surface area contributed by atoms with E-state index in [0.717, 1.165) is 38.9 Å². The van der Waals surface area contributed by atoms with Crippen molar-refractivity contribution in [2.75, 3.05) is 20.1 Å². The summed E-state index contributed by atoms with van der Waals surface area (Å²) in [5.41, 5.74) is 1.27. The van der Waals surface area contributed by atoms with Crippen LogP contribution in [0.15, 0.2) is 30.7 Å². The Morgan fingerprint density at radius 2 is 2.05 bits per heavy atom. The summed E-state index contributed by atoms with van der Waals surface area (Å²) in [7, 11) is 4.16. The zero-order valence-electron chi connectivity index (χ0n) is 13.4. The van der Waals surface area contributed by atoms with Crippen LogP contribution in [0.4, 0.5) is 0 Å². The highest BCUT2D eigenvalue weighted by Gasteiger charge is 2.27. The van der Waals surface area contributed by atoms with E-state index in [0.29, 0.717) is 5.82 Å². The van der Waals surface area contributed by atoms with Gasteiger partial charge in [0.05, 0.1) is 0 Å². The second-order valence-corrected chi connectivity index (χ2v) is 6.25. The van der Waals surface area contributed by atoms with Gasteiger partial charge in [-0.05, 0) is 45.1 Å². The molecule has 3 rings (SSSR count). The van der Waals surface area contributed by atoms with Gasteiger partial charge in [0.2, 0.25) is 5.78 Å². The van der Waals surface area contributed by atoms with Crippen LogP contribution in [0.3, 0.4) is 0 Å². The Kier molecular flexibility index (Phi) is 4.43. The maximum atomic E-state index is 12.7. The van der Waals surface area contributed by atoms with Gasteiger partial charge in [0.1, 0.15) is 0 Å². The van der Waals surface area contributed by atoms with Gasteiger partial charge in [-0.15, -0.1) is 0 Å². The lowest BCUT2D eigenvalue weighted by Crippen LogP contribution is -2.34. The molecule has 0 unspecified atom stereocenters. The Morgan fingerprint density at radius 1 is 1.27 bits per heavy atom. The first kappa shape index (κ1) is 15.0. The standard InChI is InChI=1S/C17H24N4O/c1-19-10-5-14(6-11-19)16(22)17-18-8-13-21(17)12-7-15-4-3-9-20(15)2/h3-4,8-9,13-14H,5-7,10-12H2,1-2H3. The smallest absolute Gasteiger partial charge is 0.201 e. The number of carbonyl (C=O) groups is 1. The molecular weight excluding hydrogens is 276 g/mol. The molecule has 1 fully saturated rings. The van der Waals surface area contributed by atoms with Crippen molar-refractivity contribution >= 4 is 5.78 Å². The number of hydrogen-bond acceptors (Lipinski definition) is 3. The molecule has 0 atom stereocenters. The van der Waals surface area contributed by atoms with E-state index in [9.17, 15) is 4.79 Å². The predicted octanol–water partition coefficient (Wildman–Crippen LogP) is 1.99. The van der Waals surface area contributed by atoms with Crippen LogP contribution in [0.25, 0.3) is 0 Å². The third kappa shape index (κ3) is 3.14. The average molecular weight is 300 g/mol. The summed E-state index contributed by atoms with van der Waals surface area (Å²) < 4.78 is 4.13. The van der Waals surface area contributed by atoms with Gasteiger partial charge in [0.25, 0.3) is 0 Å². The number of ketones is 1. The van der Waals surface area contributed by atoms with Crippen LogP contribution < -0.4 is 0 Å². The van der Waals surface area contributed by atoms with Gasteiger partial charge in [-0.1, -0.05) is 0 Å². The first-order valence-electron chi connectivity index (χ1n) is 7.99. The minimum atomic E-state index is 0.132. The van der Waals surface area contributed by atoms with Gasteiger partial charge in [0, 0.05) is 50.2 Å². The number of likely N-dealkylation sites (tertiary alicyclic amines) is 1. The molecule has 0 N–H and O–H groups in total. The Hall–Kier alpha value is -1.88. The van der Waals surface area contributed by atoms with Crippen molar-refractivity contribution in [1.82, 2.24) is 19.0 Å². The molecule has 0 aromatic carbocycles. The van der Waals surface area contributed by atoms with Crippen molar-refractivity contribution in [3.05, 3.63) is 42.2 Å². The van der Waals surface area contributed by atoms with Gasteiger partial charge in [-0.3, -0.25) is 4.79 Å². The second kappa shape index (κ2) is 6.48. The predicted molar refractivity (Wildman–Crippen MR) is 85.9 cm³/mol. The quantitative estimate of drug-likeness (QED) is 0.793. The summed E-state index contributed by atoms with van der Waals surface area (Å²) in [5, 5.41) is 0. The van der Waals surface area contributed by atoms with Crippen LogP contribution in [0.1, 0.15) is 29.2 Å². The zero-order chi connectivity index (χ0) is 15.5. The van der Waals surface area contributed by atoms with Crippen molar-refractivity contribution < 1.29 is 4.79 Å². The number of carbonyl (C=O) groups excluding carboxylic acids is 1. The highest BCUT2D eigenvalue weighted by Crippen LogP contribution is 2.20. The molecule has 5 nitrogen and oxygen atoms in total. The monoisotopic (exact) mass is 300 g/mol. The molecule has 0 aliphatic carbocycles. The van der Waals surface area contributed by atoms with E-state index in [1.54, 1.807) is 6.20 Å². The van der Waals surface area contributed by atoms with Crippen LogP contribution in [0, 0.1) is 5.92 Å². The first-order chi connectivity index (χ1) is 10.6. The minimum absolute atomic E-state index is 0.132. The van der Waals surface area contributed by atoms with Crippen molar-refractivity contribution in [1.29, 1.82) is 0 Å². The zero-order valence-corrected chi connectivity index (χ0v) is 13.4. The Labute approximate surface area is 131 Å². The summed E-state index contributed by atoms with van der Waals surface area (Å²) in [6, 6.07) is 4.17. The molecule has 2 aromatic rings. The van der Waals surface area contributed by atoms with E-state index >= 15 is 0 Å². The van der Waals surface area contributed by atoms with Gasteiger partial charge in [-0.25, -0.2) is 4.98 Å². The molecule has 0 bridgehead atoms. The van der Waals surface area contributed by atoms with E-state index in [2.05, 4.69) is 27.6 Å². The van der Waals surface area contributed by atoms with Gasteiger partial charge in [0.15, 0.2) is 5.82 Å². The number of hydrogen-bond donors (Lipinski definition) is 0. The van der Waals surface area contributed by atoms with Crippen LogP contribution in [-0.4, -0.2) is 44.9 Å². The Morgan fingerprint density at radius 3 is 2.73 bits per heavy atom. The third-order valence-electron chi connectivity index (χ3n) is 4.69. The topological polar surface area (TPSA) is 43.1 Å². The Balaban J connectivity index is 1.66. The SMILES string of the molecule is CN1CCC(C(=O)c2nccn2CCc2cccn2C)CC1. The maximum absolute atomic E-state index is 12.7. The number of Topliss-reactive ketones (excluding diaryl/α,β-unsaturated/α-hetero) is 1. The third-order valence-corrected chi connectivity index (χ3v) is 4.69. The first-order valence-corrected chi connectivity index (χ1v) is 7.99. The summed E-state index contributed by atoms with van der Waals surface area (Å²) in [6.45, 7) is 2.80. The van der Waals surface area contributed by atoms with Gasteiger partial charge in [-0.2, -0.15) is 0 Å². The Bertz CT molecular complexity index is 635. The van der Waals surface area contributed by atoms with Crippen LogP contribution in [0.2, 0.25) is 0 Å². The van der Waals surface area contributed by atoms with Crippen LogP contribution in [-0.2, 0) is 20.0 Å². The number of nitrogens with zero attached hydrogens (tertiary/aromatic N) is 4. The number of rotatable bonds is 5. The lowest BCUT2D eigenvalue weighted by atomic mass is 9.92. The van der Waals surface area contributed by atoms with Crippen molar-refractivity contribution in [2.45, 2.75) is 25.8 Å². The van der Waals surface area contributed by atoms with Crippen LogP contribution in [0.5, 0.6) is 0 Å². The highest BCUT2D eigenvalue weighted by molar-refractivity contribution is 5.94. The molecule has 0 radical (unpaired) electrons. The molecule has 0 amide bonds. The van der Waals surface area contributed by atoms with Crippen molar-refractivity contribution in [3.8, 4) is 0 Å². The van der Waals surface area contributed by atoms with E-state index in [4.69, 9.17) is 0 Å². The number of imidazole rings is 1. The minimum Gasteiger partial charge on any atom is -0.354 e. The molecule has 1 saturated heterocycles. The molecule has 0 saturated carbocycles. The number of aryl methyl sites for hydroxylation is 3. The fraction of sp³-hybridized carbons (Fsp3) is 0.529.